The van der Waals surface area contributed by atoms with E-state index >= 15 is 0 Å². The number of aliphatic hydroxyl groups excluding tert-OH is 1. The third-order valence-electron chi connectivity index (χ3n) is 3.17. The van der Waals surface area contributed by atoms with Crippen molar-refractivity contribution < 1.29 is 29.3 Å². The lowest BCUT2D eigenvalue weighted by atomic mass is 10.1. The van der Waals surface area contributed by atoms with Crippen molar-refractivity contribution in [1.29, 1.82) is 0 Å². The van der Waals surface area contributed by atoms with Crippen molar-refractivity contribution in [2.24, 2.45) is 0 Å². The van der Waals surface area contributed by atoms with Gasteiger partial charge < -0.3 is 29.9 Å². The zero-order chi connectivity index (χ0) is 15.0. The summed E-state index contributed by atoms with van der Waals surface area (Å²) in [5, 5.41) is 20.0. The van der Waals surface area contributed by atoms with Gasteiger partial charge in [-0.05, 0) is 12.8 Å². The maximum Gasteiger partial charge on any atom is 0.334 e. The molecule has 0 radical (unpaired) electrons. The number of aliphatic carboxylic acids is 1. The van der Waals surface area contributed by atoms with Gasteiger partial charge in [0.2, 0.25) is 0 Å². The fourth-order valence-corrected chi connectivity index (χ4v) is 2.01. The first-order valence-electron chi connectivity index (χ1n) is 6.59. The Bertz CT molecular complexity index is 317. The number of ether oxygens (including phenoxy) is 2. The number of carboxylic acid groups (broad SMARTS) is 1. The van der Waals surface area contributed by atoms with Gasteiger partial charge in [-0.15, -0.1) is 0 Å². The van der Waals surface area contributed by atoms with Crippen LogP contribution in [0.1, 0.15) is 12.8 Å². The second-order valence-electron chi connectivity index (χ2n) is 4.53. The van der Waals surface area contributed by atoms with Crippen LogP contribution in [0.2, 0.25) is 0 Å². The largest absolute Gasteiger partial charge is 0.479 e. The van der Waals surface area contributed by atoms with Crippen LogP contribution in [0.3, 0.4) is 0 Å². The molecule has 8 nitrogen and oxygen atoms in total. The minimum absolute atomic E-state index is 0.00566. The number of urea groups is 1. The number of likely N-dealkylation sites (tertiary alicyclic amines) is 1. The highest BCUT2D eigenvalue weighted by Gasteiger charge is 2.24. The molecule has 1 aliphatic rings. The Kier molecular flexibility index (Phi) is 7.27. The fraction of sp³-hybridized carbons (Fsp3) is 0.833. The Hall–Kier alpha value is -1.38. The molecule has 1 saturated heterocycles. The van der Waals surface area contributed by atoms with Crippen molar-refractivity contribution in [2.45, 2.75) is 25.0 Å². The average molecular weight is 290 g/mol. The van der Waals surface area contributed by atoms with Crippen LogP contribution in [0.25, 0.3) is 0 Å². The number of carbonyl (C=O) groups excluding carboxylic acids is 1. The summed E-state index contributed by atoms with van der Waals surface area (Å²) in [6.45, 7) is 1.34. The molecule has 0 aromatic carbocycles. The summed E-state index contributed by atoms with van der Waals surface area (Å²) in [7, 11) is 1.29. The molecular formula is C12H22N2O6. The minimum atomic E-state index is -1.11. The molecule has 1 heterocycles. The van der Waals surface area contributed by atoms with Crippen molar-refractivity contribution in [1.82, 2.24) is 10.2 Å². The highest BCUT2D eigenvalue weighted by molar-refractivity contribution is 5.77. The van der Waals surface area contributed by atoms with E-state index in [2.05, 4.69) is 5.32 Å². The number of nitrogens with zero attached hydrogens (tertiary/aromatic N) is 1. The maximum atomic E-state index is 11.8. The third-order valence-corrected chi connectivity index (χ3v) is 3.17. The van der Waals surface area contributed by atoms with Crippen LogP contribution >= 0.6 is 0 Å². The first-order valence-corrected chi connectivity index (χ1v) is 6.59. The van der Waals surface area contributed by atoms with Gasteiger partial charge in [-0.25, -0.2) is 9.59 Å². The van der Waals surface area contributed by atoms with Crippen LogP contribution in [0.5, 0.6) is 0 Å². The zero-order valence-corrected chi connectivity index (χ0v) is 11.6. The summed E-state index contributed by atoms with van der Waals surface area (Å²) in [6.07, 6.45) is 0.446. The van der Waals surface area contributed by atoms with Crippen molar-refractivity contribution in [2.75, 3.05) is 40.0 Å². The predicted octanol–water partition coefficient (Wildman–Crippen LogP) is -0.731. The Morgan fingerprint density at radius 1 is 1.40 bits per heavy atom. The number of methoxy groups -OCH3 is 1. The van der Waals surface area contributed by atoms with E-state index in [1.807, 2.05) is 0 Å². The van der Waals surface area contributed by atoms with E-state index in [9.17, 15) is 9.59 Å². The topological polar surface area (TPSA) is 108 Å². The van der Waals surface area contributed by atoms with E-state index in [0.717, 1.165) is 0 Å². The van der Waals surface area contributed by atoms with Gasteiger partial charge in [0.1, 0.15) is 0 Å². The third kappa shape index (κ3) is 5.32. The van der Waals surface area contributed by atoms with E-state index in [-0.39, 0.29) is 25.3 Å². The van der Waals surface area contributed by atoms with Crippen molar-refractivity contribution >= 4 is 12.0 Å². The van der Waals surface area contributed by atoms with Gasteiger partial charge in [0.15, 0.2) is 6.10 Å². The number of carbonyl (C=O) groups is 2. The van der Waals surface area contributed by atoms with Gasteiger partial charge in [0.05, 0.1) is 25.9 Å². The van der Waals surface area contributed by atoms with Crippen LogP contribution in [-0.4, -0.2) is 79.3 Å². The van der Waals surface area contributed by atoms with Gasteiger partial charge in [0.25, 0.3) is 0 Å². The molecule has 1 aliphatic heterocycles. The van der Waals surface area contributed by atoms with E-state index in [1.165, 1.54) is 7.11 Å². The fourth-order valence-electron chi connectivity index (χ4n) is 2.01. The number of amides is 2. The molecule has 2 amide bonds. The molecule has 0 aliphatic carbocycles. The van der Waals surface area contributed by atoms with E-state index in [4.69, 9.17) is 19.7 Å². The summed E-state index contributed by atoms with van der Waals surface area (Å²) in [5.74, 6) is -1.11. The highest BCUT2D eigenvalue weighted by atomic mass is 16.5. The first-order chi connectivity index (χ1) is 9.58. The van der Waals surface area contributed by atoms with E-state index in [1.54, 1.807) is 4.90 Å². The van der Waals surface area contributed by atoms with Gasteiger partial charge in [0, 0.05) is 20.2 Å². The van der Waals surface area contributed by atoms with E-state index < -0.39 is 12.1 Å². The Morgan fingerprint density at radius 3 is 2.55 bits per heavy atom. The van der Waals surface area contributed by atoms with E-state index in [0.29, 0.717) is 32.5 Å². The molecule has 3 N–H and O–H groups in total. The molecule has 116 valence electrons. The number of hydrogen-bond acceptors (Lipinski definition) is 5. The van der Waals surface area contributed by atoms with Crippen molar-refractivity contribution in [3.8, 4) is 0 Å². The molecule has 0 aromatic heterocycles. The lowest BCUT2D eigenvalue weighted by Crippen LogP contribution is -2.48. The molecule has 20 heavy (non-hydrogen) atoms. The SMILES string of the molecule is COC(CNC(=O)N1CCC(OCCO)CC1)C(=O)O. The summed E-state index contributed by atoms with van der Waals surface area (Å²) >= 11 is 0. The smallest absolute Gasteiger partial charge is 0.334 e. The number of aliphatic hydroxyl groups is 1. The number of carboxylic acids is 1. The van der Waals surface area contributed by atoms with Crippen molar-refractivity contribution in [3.05, 3.63) is 0 Å². The Morgan fingerprint density at radius 2 is 2.05 bits per heavy atom. The normalized spacial score (nSPS) is 17.8. The van der Waals surface area contributed by atoms with Crippen LogP contribution in [0, 0.1) is 0 Å². The monoisotopic (exact) mass is 290 g/mol. The minimum Gasteiger partial charge on any atom is -0.479 e. The van der Waals surface area contributed by atoms with Crippen LogP contribution in [-0.2, 0) is 14.3 Å². The van der Waals surface area contributed by atoms with Crippen LogP contribution in [0.4, 0.5) is 4.79 Å². The number of hydrogen-bond donors (Lipinski definition) is 3. The van der Waals surface area contributed by atoms with Crippen LogP contribution < -0.4 is 5.32 Å². The lowest BCUT2D eigenvalue weighted by Gasteiger charge is -2.32. The molecule has 1 atom stereocenters. The summed E-state index contributed by atoms with van der Waals surface area (Å²) in [4.78, 5) is 24.2. The van der Waals surface area contributed by atoms with Crippen LogP contribution in [0.15, 0.2) is 0 Å². The molecule has 1 rings (SSSR count). The molecule has 0 bridgehead atoms. The summed E-state index contributed by atoms with van der Waals surface area (Å²) in [6, 6.07) is -0.297. The molecule has 0 spiro atoms. The second-order valence-corrected chi connectivity index (χ2v) is 4.53. The molecule has 0 saturated carbocycles. The van der Waals surface area contributed by atoms with Crippen molar-refractivity contribution in [3.63, 3.8) is 0 Å². The lowest BCUT2D eigenvalue weighted by molar-refractivity contribution is -0.148. The standard InChI is InChI=1S/C12H22N2O6/c1-19-10(11(16)17)8-13-12(18)14-4-2-9(3-5-14)20-7-6-15/h9-10,15H,2-8H2,1H3,(H,13,18)(H,16,17). The molecule has 1 unspecified atom stereocenters. The predicted molar refractivity (Wildman–Crippen MR) is 69.5 cm³/mol. The highest BCUT2D eigenvalue weighted by Crippen LogP contribution is 2.13. The second kappa shape index (κ2) is 8.72. The van der Waals surface area contributed by atoms with Gasteiger partial charge in [-0.3, -0.25) is 0 Å². The Balaban J connectivity index is 2.27. The first kappa shape index (κ1) is 16.7. The number of piperidine rings is 1. The Labute approximate surface area is 117 Å². The summed E-state index contributed by atoms with van der Waals surface area (Å²) in [5.41, 5.74) is 0. The zero-order valence-electron chi connectivity index (χ0n) is 11.6. The summed E-state index contributed by atoms with van der Waals surface area (Å²) < 4.78 is 10.1. The molecular weight excluding hydrogens is 268 g/mol. The molecule has 8 heteroatoms. The number of nitrogens with one attached hydrogen (secondary N) is 1. The quantitative estimate of drug-likeness (QED) is 0.570. The number of rotatable bonds is 7. The van der Waals surface area contributed by atoms with Gasteiger partial charge in [-0.2, -0.15) is 0 Å². The maximum absolute atomic E-state index is 11.8. The molecule has 1 fully saturated rings. The average Bonchev–Trinajstić information content (AvgIpc) is 2.45. The van der Waals surface area contributed by atoms with Gasteiger partial charge >= 0.3 is 12.0 Å². The molecule has 0 aromatic rings. The van der Waals surface area contributed by atoms with Gasteiger partial charge in [-0.1, -0.05) is 0 Å².